The zero-order chi connectivity index (χ0) is 14.7. The van der Waals surface area contributed by atoms with Gasteiger partial charge < -0.3 is 5.32 Å². The van der Waals surface area contributed by atoms with E-state index in [0.717, 1.165) is 23.0 Å². The fourth-order valence-electron chi connectivity index (χ4n) is 3.23. The van der Waals surface area contributed by atoms with Gasteiger partial charge >= 0.3 is 0 Å². The van der Waals surface area contributed by atoms with E-state index >= 15 is 0 Å². The van der Waals surface area contributed by atoms with E-state index in [2.05, 4.69) is 41.0 Å². The minimum absolute atomic E-state index is 0.493. The molecule has 1 aliphatic rings. The Morgan fingerprint density at radius 2 is 2.10 bits per heavy atom. The Morgan fingerprint density at radius 3 is 2.76 bits per heavy atom. The third-order valence-corrected chi connectivity index (χ3v) is 5.85. The number of rotatable bonds is 5. The highest BCUT2D eigenvalue weighted by Crippen LogP contribution is 2.37. The lowest BCUT2D eigenvalue weighted by Gasteiger charge is -2.24. The van der Waals surface area contributed by atoms with Gasteiger partial charge in [0.05, 0.1) is 0 Å². The van der Waals surface area contributed by atoms with E-state index in [1.165, 1.54) is 36.1 Å². The van der Waals surface area contributed by atoms with Crippen molar-refractivity contribution in [2.45, 2.75) is 45.2 Å². The van der Waals surface area contributed by atoms with Crippen molar-refractivity contribution in [3.8, 4) is 0 Å². The van der Waals surface area contributed by atoms with Gasteiger partial charge in [-0.1, -0.05) is 42.6 Å². The Balaban J connectivity index is 1.71. The van der Waals surface area contributed by atoms with E-state index in [0.29, 0.717) is 6.04 Å². The van der Waals surface area contributed by atoms with Crippen molar-refractivity contribution >= 4 is 22.9 Å². The van der Waals surface area contributed by atoms with Gasteiger partial charge in [0.15, 0.2) is 0 Å². The lowest BCUT2D eigenvalue weighted by molar-refractivity contribution is 0.371. The van der Waals surface area contributed by atoms with Crippen LogP contribution in [0.2, 0.25) is 5.02 Å². The first-order valence-electron chi connectivity index (χ1n) is 7.76. The fraction of sp³-hybridized carbons (Fsp3) is 0.444. The van der Waals surface area contributed by atoms with Gasteiger partial charge in [0.1, 0.15) is 0 Å². The molecule has 1 atom stereocenters. The topological polar surface area (TPSA) is 12.0 Å². The average molecular weight is 320 g/mol. The van der Waals surface area contributed by atoms with Gasteiger partial charge in [-0.3, -0.25) is 0 Å². The monoisotopic (exact) mass is 319 g/mol. The van der Waals surface area contributed by atoms with E-state index in [1.807, 2.05) is 18.3 Å². The number of hydrogen-bond acceptors (Lipinski definition) is 2. The highest BCUT2D eigenvalue weighted by atomic mass is 35.5. The first kappa shape index (κ1) is 15.1. The van der Waals surface area contributed by atoms with Crippen molar-refractivity contribution in [3.63, 3.8) is 0 Å². The number of halogens is 1. The van der Waals surface area contributed by atoms with Crippen LogP contribution in [0.25, 0.3) is 0 Å². The highest BCUT2D eigenvalue weighted by molar-refractivity contribution is 7.10. The second kappa shape index (κ2) is 6.95. The van der Waals surface area contributed by atoms with Gasteiger partial charge in [-0.25, -0.2) is 0 Å². The van der Waals surface area contributed by atoms with Crippen LogP contribution in [0.5, 0.6) is 0 Å². The largest absolute Gasteiger partial charge is 0.305 e. The molecular formula is C18H22ClNS. The van der Waals surface area contributed by atoms with Gasteiger partial charge in [-0.05, 0) is 54.3 Å². The van der Waals surface area contributed by atoms with Crippen LogP contribution in [0.15, 0.2) is 35.7 Å². The first-order valence-corrected chi connectivity index (χ1v) is 9.01. The molecule has 0 aliphatic heterocycles. The summed E-state index contributed by atoms with van der Waals surface area (Å²) in [6.45, 7) is 2.94. The van der Waals surface area contributed by atoms with E-state index in [9.17, 15) is 0 Å². The summed E-state index contributed by atoms with van der Waals surface area (Å²) in [7, 11) is 0. The van der Waals surface area contributed by atoms with Crippen molar-refractivity contribution in [2.24, 2.45) is 5.92 Å². The van der Waals surface area contributed by atoms with Crippen molar-refractivity contribution in [3.05, 3.63) is 56.7 Å². The first-order chi connectivity index (χ1) is 10.2. The molecule has 1 saturated carbocycles. The Labute approximate surface area is 136 Å². The second-order valence-electron chi connectivity index (χ2n) is 6.00. The van der Waals surface area contributed by atoms with Crippen molar-refractivity contribution < 1.29 is 0 Å². The molecule has 1 heterocycles. The summed E-state index contributed by atoms with van der Waals surface area (Å²) in [5.41, 5.74) is 2.41. The molecule has 1 N–H and O–H groups in total. The van der Waals surface area contributed by atoms with Crippen LogP contribution in [0.1, 0.15) is 47.7 Å². The zero-order valence-corrected chi connectivity index (χ0v) is 14.0. The molecule has 1 aromatic heterocycles. The zero-order valence-electron chi connectivity index (χ0n) is 12.4. The summed E-state index contributed by atoms with van der Waals surface area (Å²) >= 11 is 8.10. The molecule has 0 amide bonds. The molecule has 0 spiro atoms. The van der Waals surface area contributed by atoms with E-state index in [1.54, 1.807) is 0 Å². The lowest BCUT2D eigenvalue weighted by atomic mass is 9.96. The highest BCUT2D eigenvalue weighted by Gasteiger charge is 2.26. The molecule has 2 aromatic rings. The number of nitrogens with one attached hydrogen (secondary N) is 1. The van der Waals surface area contributed by atoms with Crippen LogP contribution in [0.3, 0.4) is 0 Å². The molecule has 3 rings (SSSR count). The maximum atomic E-state index is 6.23. The molecule has 1 unspecified atom stereocenters. The fourth-order valence-corrected chi connectivity index (χ4v) is 4.33. The molecule has 1 fully saturated rings. The third kappa shape index (κ3) is 3.68. The Bertz CT molecular complexity index is 573. The van der Waals surface area contributed by atoms with Crippen LogP contribution in [0, 0.1) is 12.8 Å². The van der Waals surface area contributed by atoms with Gasteiger partial charge in [-0.15, -0.1) is 11.3 Å². The van der Waals surface area contributed by atoms with E-state index < -0.39 is 0 Å². The Hall–Kier alpha value is -0.830. The minimum Gasteiger partial charge on any atom is -0.305 e. The van der Waals surface area contributed by atoms with E-state index in [-0.39, 0.29) is 0 Å². The summed E-state index contributed by atoms with van der Waals surface area (Å²) in [5, 5.41) is 6.82. The maximum absolute atomic E-state index is 6.23. The summed E-state index contributed by atoms with van der Waals surface area (Å²) in [6, 6.07) is 11.3. The van der Waals surface area contributed by atoms with Crippen molar-refractivity contribution in [2.75, 3.05) is 0 Å². The lowest BCUT2D eigenvalue weighted by Crippen LogP contribution is -2.26. The molecule has 3 heteroatoms. The predicted octanol–water partition coefficient (Wildman–Crippen LogP) is 5.73. The Kier molecular flexibility index (Phi) is 4.99. The molecule has 112 valence electrons. The summed E-state index contributed by atoms with van der Waals surface area (Å²) in [6.07, 6.45) is 5.46. The minimum atomic E-state index is 0.493. The number of hydrogen-bond donors (Lipinski definition) is 1. The standard InChI is InChI=1S/C18H22ClNS/c1-13-8-9-14(11-16(13)19)12-20-18(15-5-2-3-6-15)17-7-4-10-21-17/h4,7-11,15,18,20H,2-3,5-6,12H2,1H3. The molecule has 0 saturated heterocycles. The smallest absolute Gasteiger partial charge is 0.0446 e. The van der Waals surface area contributed by atoms with E-state index in [4.69, 9.17) is 11.6 Å². The predicted molar refractivity (Wildman–Crippen MR) is 92.0 cm³/mol. The average Bonchev–Trinajstić information content (AvgIpc) is 3.16. The number of aryl methyl sites for hydroxylation is 1. The summed E-state index contributed by atoms with van der Waals surface area (Å²) in [5.74, 6) is 0.782. The normalized spacial score (nSPS) is 17.2. The van der Waals surface area contributed by atoms with Gasteiger partial charge in [0.2, 0.25) is 0 Å². The number of benzene rings is 1. The molecule has 0 radical (unpaired) electrons. The van der Waals surface area contributed by atoms with Crippen LogP contribution < -0.4 is 5.32 Å². The van der Waals surface area contributed by atoms with Gasteiger partial charge in [0.25, 0.3) is 0 Å². The van der Waals surface area contributed by atoms with Crippen LogP contribution in [0.4, 0.5) is 0 Å². The van der Waals surface area contributed by atoms with Crippen LogP contribution in [-0.2, 0) is 6.54 Å². The molecular weight excluding hydrogens is 298 g/mol. The molecule has 21 heavy (non-hydrogen) atoms. The number of thiophene rings is 1. The Morgan fingerprint density at radius 1 is 1.29 bits per heavy atom. The van der Waals surface area contributed by atoms with Crippen molar-refractivity contribution in [1.29, 1.82) is 0 Å². The molecule has 1 nitrogen and oxygen atoms in total. The van der Waals surface area contributed by atoms with Gasteiger partial charge in [-0.2, -0.15) is 0 Å². The quantitative estimate of drug-likeness (QED) is 0.742. The van der Waals surface area contributed by atoms with Crippen LogP contribution in [-0.4, -0.2) is 0 Å². The second-order valence-corrected chi connectivity index (χ2v) is 7.39. The summed E-state index contributed by atoms with van der Waals surface area (Å²) < 4.78 is 0. The molecule has 1 aromatic carbocycles. The summed E-state index contributed by atoms with van der Waals surface area (Å²) in [4.78, 5) is 1.47. The third-order valence-electron chi connectivity index (χ3n) is 4.48. The van der Waals surface area contributed by atoms with Crippen LogP contribution >= 0.6 is 22.9 Å². The molecule has 0 bridgehead atoms. The maximum Gasteiger partial charge on any atom is 0.0446 e. The SMILES string of the molecule is Cc1ccc(CNC(c2cccs2)C2CCCC2)cc1Cl. The van der Waals surface area contributed by atoms with Crippen molar-refractivity contribution in [1.82, 2.24) is 5.32 Å². The molecule has 1 aliphatic carbocycles. The van der Waals surface area contributed by atoms with Gasteiger partial charge in [0, 0.05) is 22.5 Å².